The average molecular weight is 283 g/mol. The monoisotopic (exact) mass is 283 g/mol. The molecule has 0 amide bonds. The zero-order valence-electron chi connectivity index (χ0n) is 11.1. The van der Waals surface area contributed by atoms with E-state index in [-0.39, 0.29) is 23.5 Å². The Kier molecular flexibility index (Phi) is 4.49. The molecule has 0 aromatic heterocycles. The van der Waals surface area contributed by atoms with Crippen LogP contribution < -0.4 is 5.32 Å². The maximum atomic E-state index is 11.1. The van der Waals surface area contributed by atoms with E-state index in [1.807, 2.05) is 18.2 Å². The normalized spacial score (nSPS) is 9.90. The lowest BCUT2D eigenvalue weighted by molar-refractivity contribution is -0.384. The van der Waals surface area contributed by atoms with Gasteiger partial charge in [0.05, 0.1) is 4.92 Å². The molecule has 0 aliphatic carbocycles. The molecule has 21 heavy (non-hydrogen) atoms. The Morgan fingerprint density at radius 2 is 1.95 bits per heavy atom. The Labute approximate surface area is 121 Å². The minimum absolute atomic E-state index is 0.0156. The van der Waals surface area contributed by atoms with Crippen molar-refractivity contribution in [1.82, 2.24) is 0 Å². The van der Waals surface area contributed by atoms with Crippen LogP contribution in [0.5, 0.6) is 0 Å². The van der Waals surface area contributed by atoms with E-state index in [4.69, 9.17) is 10.4 Å². The van der Waals surface area contributed by atoms with Crippen LogP contribution >= 0.6 is 0 Å². The summed E-state index contributed by atoms with van der Waals surface area (Å²) in [5, 5.41) is 31.9. The van der Waals surface area contributed by atoms with Crippen molar-refractivity contribution < 1.29 is 10.0 Å². The van der Waals surface area contributed by atoms with Crippen molar-refractivity contribution in [1.29, 1.82) is 5.26 Å². The highest BCUT2D eigenvalue weighted by atomic mass is 16.6. The van der Waals surface area contributed by atoms with E-state index >= 15 is 0 Å². The van der Waals surface area contributed by atoms with Gasteiger partial charge in [-0.3, -0.25) is 10.1 Å². The molecule has 6 nitrogen and oxygen atoms in total. The Hall–Kier alpha value is -2.91. The van der Waals surface area contributed by atoms with Crippen molar-refractivity contribution in [3.63, 3.8) is 0 Å². The summed E-state index contributed by atoms with van der Waals surface area (Å²) in [5.74, 6) is 0. The first-order chi connectivity index (χ1) is 10.2. The number of para-hydroxylation sites is 1. The molecule has 0 aliphatic heterocycles. The summed E-state index contributed by atoms with van der Waals surface area (Å²) in [4.78, 5) is 10.5. The lowest BCUT2D eigenvalue weighted by Crippen LogP contribution is -1.99. The van der Waals surface area contributed by atoms with Crippen LogP contribution in [-0.4, -0.2) is 16.6 Å². The van der Waals surface area contributed by atoms with Gasteiger partial charge in [0.1, 0.15) is 17.3 Å². The molecule has 0 bridgehead atoms. The molecule has 106 valence electrons. The van der Waals surface area contributed by atoms with Crippen molar-refractivity contribution >= 4 is 17.1 Å². The predicted octanol–water partition coefficient (Wildman–Crippen LogP) is 2.74. The molecule has 0 heterocycles. The largest absolute Gasteiger partial charge is 0.396 e. The van der Waals surface area contributed by atoms with Crippen LogP contribution in [0.15, 0.2) is 42.5 Å². The summed E-state index contributed by atoms with van der Waals surface area (Å²) in [5.41, 5.74) is 1.70. The van der Waals surface area contributed by atoms with Gasteiger partial charge < -0.3 is 10.4 Å². The van der Waals surface area contributed by atoms with Gasteiger partial charge in [0, 0.05) is 12.3 Å². The topological polar surface area (TPSA) is 99.2 Å². The lowest BCUT2D eigenvalue weighted by Gasteiger charge is -2.08. The number of hydrogen-bond acceptors (Lipinski definition) is 5. The first-order valence-electron chi connectivity index (χ1n) is 6.30. The van der Waals surface area contributed by atoms with Crippen LogP contribution in [0, 0.1) is 21.4 Å². The van der Waals surface area contributed by atoms with Crippen molar-refractivity contribution in [2.45, 2.75) is 6.42 Å². The maximum Gasteiger partial charge on any atom is 0.310 e. The molecule has 0 atom stereocenters. The van der Waals surface area contributed by atoms with E-state index < -0.39 is 4.92 Å². The van der Waals surface area contributed by atoms with Crippen LogP contribution in [0.3, 0.4) is 0 Å². The molecular weight excluding hydrogens is 270 g/mol. The van der Waals surface area contributed by atoms with Gasteiger partial charge in [-0.2, -0.15) is 5.26 Å². The summed E-state index contributed by atoms with van der Waals surface area (Å²) in [6, 6.07) is 13.6. The fourth-order valence-corrected chi connectivity index (χ4v) is 1.97. The minimum atomic E-state index is -0.568. The number of anilines is 2. The van der Waals surface area contributed by atoms with E-state index in [9.17, 15) is 10.1 Å². The number of nitrogens with one attached hydrogen (secondary N) is 1. The third kappa shape index (κ3) is 3.35. The highest BCUT2D eigenvalue weighted by molar-refractivity contribution is 5.73. The average Bonchev–Trinajstić information content (AvgIpc) is 2.49. The molecule has 2 rings (SSSR count). The highest BCUT2D eigenvalue weighted by Gasteiger charge is 2.19. The Morgan fingerprint density at radius 3 is 2.52 bits per heavy atom. The molecule has 2 aromatic rings. The second-order valence-corrected chi connectivity index (χ2v) is 4.37. The first-order valence-corrected chi connectivity index (χ1v) is 6.30. The highest BCUT2D eigenvalue weighted by Crippen LogP contribution is 2.30. The van der Waals surface area contributed by atoms with Crippen molar-refractivity contribution in [3.8, 4) is 6.07 Å². The smallest absolute Gasteiger partial charge is 0.310 e. The summed E-state index contributed by atoms with van der Waals surface area (Å²) < 4.78 is 0. The number of aliphatic hydroxyl groups excluding tert-OH is 1. The molecule has 0 unspecified atom stereocenters. The van der Waals surface area contributed by atoms with Crippen LogP contribution in [0.1, 0.15) is 11.1 Å². The van der Waals surface area contributed by atoms with Crippen LogP contribution in [0.2, 0.25) is 0 Å². The molecular formula is C15H13N3O3. The Morgan fingerprint density at radius 1 is 1.24 bits per heavy atom. The van der Waals surface area contributed by atoms with Crippen LogP contribution in [-0.2, 0) is 6.42 Å². The molecule has 6 heteroatoms. The number of aliphatic hydroxyl groups is 1. The van der Waals surface area contributed by atoms with Gasteiger partial charge in [-0.1, -0.05) is 18.2 Å². The van der Waals surface area contributed by atoms with Gasteiger partial charge in [-0.15, -0.1) is 0 Å². The van der Waals surface area contributed by atoms with Crippen molar-refractivity contribution in [2.24, 2.45) is 0 Å². The summed E-state index contributed by atoms with van der Waals surface area (Å²) in [7, 11) is 0. The fourth-order valence-electron chi connectivity index (χ4n) is 1.97. The van der Waals surface area contributed by atoms with Crippen LogP contribution in [0.25, 0.3) is 0 Å². The molecule has 0 aliphatic rings. The molecule has 0 saturated carbocycles. The number of rotatable bonds is 5. The van der Waals surface area contributed by atoms with Crippen molar-refractivity contribution in [3.05, 3.63) is 63.7 Å². The van der Waals surface area contributed by atoms with Crippen LogP contribution in [0.4, 0.5) is 17.1 Å². The van der Waals surface area contributed by atoms with Gasteiger partial charge in [0.15, 0.2) is 0 Å². The number of nitro groups is 1. The lowest BCUT2D eigenvalue weighted by atomic mass is 10.1. The van der Waals surface area contributed by atoms with Gasteiger partial charge in [-0.05, 0) is 36.2 Å². The van der Waals surface area contributed by atoms with Gasteiger partial charge in [0.25, 0.3) is 0 Å². The second kappa shape index (κ2) is 6.50. The van der Waals surface area contributed by atoms with Gasteiger partial charge in [0.2, 0.25) is 0 Å². The molecule has 2 aromatic carbocycles. The van der Waals surface area contributed by atoms with E-state index in [2.05, 4.69) is 5.32 Å². The number of benzene rings is 2. The molecule has 0 saturated heterocycles. The standard InChI is InChI=1S/C15H13N3O3/c16-10-12-2-1-3-14(15(12)18(20)21)17-13-6-4-11(5-7-13)8-9-19/h1-7,17,19H,8-9H2. The van der Waals surface area contributed by atoms with E-state index in [0.717, 1.165) is 5.56 Å². The SMILES string of the molecule is N#Cc1cccc(Nc2ccc(CCO)cc2)c1[N+](=O)[O-]. The number of hydrogen-bond donors (Lipinski definition) is 2. The zero-order chi connectivity index (χ0) is 15.2. The quantitative estimate of drug-likeness (QED) is 0.649. The summed E-state index contributed by atoms with van der Waals surface area (Å²) >= 11 is 0. The molecule has 0 spiro atoms. The Balaban J connectivity index is 2.31. The summed E-state index contributed by atoms with van der Waals surface area (Å²) in [6.45, 7) is 0.0719. The molecule has 2 N–H and O–H groups in total. The number of nitro benzene ring substituents is 1. The third-order valence-electron chi connectivity index (χ3n) is 2.97. The summed E-state index contributed by atoms with van der Waals surface area (Å²) in [6.07, 6.45) is 0.560. The third-order valence-corrected chi connectivity index (χ3v) is 2.97. The predicted molar refractivity (Wildman–Crippen MR) is 78.3 cm³/mol. The fraction of sp³-hybridized carbons (Fsp3) is 0.133. The zero-order valence-corrected chi connectivity index (χ0v) is 11.1. The molecule has 0 radical (unpaired) electrons. The first kappa shape index (κ1) is 14.5. The Bertz CT molecular complexity index is 690. The second-order valence-electron chi connectivity index (χ2n) is 4.37. The van der Waals surface area contributed by atoms with Gasteiger partial charge in [-0.25, -0.2) is 0 Å². The minimum Gasteiger partial charge on any atom is -0.396 e. The number of nitrogens with zero attached hydrogens (tertiary/aromatic N) is 2. The van der Waals surface area contributed by atoms with Gasteiger partial charge >= 0.3 is 5.69 Å². The van der Waals surface area contributed by atoms with E-state index in [1.165, 1.54) is 6.07 Å². The van der Waals surface area contributed by atoms with E-state index in [0.29, 0.717) is 12.1 Å². The van der Waals surface area contributed by atoms with Crippen molar-refractivity contribution in [2.75, 3.05) is 11.9 Å². The maximum absolute atomic E-state index is 11.1. The van der Waals surface area contributed by atoms with E-state index in [1.54, 1.807) is 24.3 Å². The molecule has 0 fully saturated rings. The number of nitriles is 1.